The number of benzene rings is 1. The molecule has 0 saturated carbocycles. The van der Waals surface area contributed by atoms with E-state index >= 15 is 0 Å². The van der Waals surface area contributed by atoms with Crippen LogP contribution in [0.2, 0.25) is 0 Å². The first-order valence-electron chi connectivity index (χ1n) is 8.61. The third-order valence-electron chi connectivity index (χ3n) is 3.90. The second kappa shape index (κ2) is 10.9. The van der Waals surface area contributed by atoms with Crippen LogP contribution in [0.25, 0.3) is 16.5 Å². The first kappa shape index (κ1) is 21.2. The molecule has 0 spiro atoms. The SMILES string of the molecule is C/C=C(\C=C/CNC)c1c(C#N)c2ccc(OC)cc2n1CC.CC=O. The van der Waals surface area contributed by atoms with Crippen molar-refractivity contribution in [2.24, 2.45) is 0 Å². The van der Waals surface area contributed by atoms with Gasteiger partial charge in [-0.25, -0.2) is 0 Å². The van der Waals surface area contributed by atoms with Gasteiger partial charge in [0.05, 0.1) is 23.9 Å². The lowest BCUT2D eigenvalue weighted by molar-refractivity contribution is -0.106. The minimum atomic E-state index is 0.715. The van der Waals surface area contributed by atoms with Crippen molar-refractivity contribution >= 4 is 22.8 Å². The summed E-state index contributed by atoms with van der Waals surface area (Å²) in [6, 6.07) is 8.24. The van der Waals surface area contributed by atoms with Gasteiger partial charge >= 0.3 is 0 Å². The van der Waals surface area contributed by atoms with Crippen molar-refractivity contribution in [3.05, 3.63) is 47.7 Å². The molecule has 0 bridgehead atoms. The van der Waals surface area contributed by atoms with Crippen LogP contribution in [0.15, 0.2) is 36.4 Å². The maximum absolute atomic E-state index is 9.71. The number of fused-ring (bicyclic) bond motifs is 1. The number of allylic oxidation sites excluding steroid dienone is 3. The molecule has 26 heavy (non-hydrogen) atoms. The highest BCUT2D eigenvalue weighted by atomic mass is 16.5. The minimum Gasteiger partial charge on any atom is -0.497 e. The molecule has 5 heteroatoms. The number of nitrogens with one attached hydrogen (secondary N) is 1. The summed E-state index contributed by atoms with van der Waals surface area (Å²) < 4.78 is 7.51. The molecular formula is C21H27N3O2. The predicted octanol–water partition coefficient (Wildman–Crippen LogP) is 3.93. The number of rotatable bonds is 6. The van der Waals surface area contributed by atoms with E-state index in [1.807, 2.05) is 38.2 Å². The Hall–Kier alpha value is -2.84. The van der Waals surface area contributed by atoms with E-state index in [4.69, 9.17) is 9.53 Å². The summed E-state index contributed by atoms with van der Waals surface area (Å²) in [5.41, 5.74) is 3.76. The van der Waals surface area contributed by atoms with Crippen molar-refractivity contribution in [3.8, 4) is 11.8 Å². The summed E-state index contributed by atoms with van der Waals surface area (Å²) in [7, 11) is 3.57. The normalized spacial score (nSPS) is 11.2. The fourth-order valence-corrected chi connectivity index (χ4v) is 2.81. The molecule has 0 aliphatic heterocycles. The molecule has 0 atom stereocenters. The van der Waals surface area contributed by atoms with Gasteiger partial charge in [-0.2, -0.15) is 5.26 Å². The number of nitrogens with zero attached hydrogens (tertiary/aromatic N) is 2. The van der Waals surface area contributed by atoms with Crippen LogP contribution in [0.3, 0.4) is 0 Å². The standard InChI is InChI=1S/C19H23N3O.C2H4O/c1-5-14(8-7-11-21-3)19-17(13-20)16-10-9-15(23-4)12-18(16)22(19)6-2;1-2-3/h5,7-10,12,21H,6,11H2,1-4H3;2H,1H3/b8-7-,14-5+;. The number of carbonyl (C=O) groups excluding carboxylic acids is 1. The van der Waals surface area contributed by atoms with Crippen LogP contribution < -0.4 is 10.1 Å². The summed E-state index contributed by atoms with van der Waals surface area (Å²) >= 11 is 0. The summed E-state index contributed by atoms with van der Waals surface area (Å²) in [4.78, 5) is 8.81. The highest BCUT2D eigenvalue weighted by molar-refractivity contribution is 5.95. The van der Waals surface area contributed by atoms with E-state index in [-0.39, 0.29) is 0 Å². The molecule has 2 aromatic rings. The highest BCUT2D eigenvalue weighted by Crippen LogP contribution is 2.33. The largest absolute Gasteiger partial charge is 0.497 e. The monoisotopic (exact) mass is 353 g/mol. The molecule has 138 valence electrons. The van der Waals surface area contributed by atoms with E-state index in [0.717, 1.165) is 47.3 Å². The van der Waals surface area contributed by atoms with Crippen LogP contribution in [-0.2, 0) is 11.3 Å². The molecule has 0 amide bonds. The molecule has 0 unspecified atom stereocenters. The van der Waals surface area contributed by atoms with E-state index in [0.29, 0.717) is 5.56 Å². The van der Waals surface area contributed by atoms with Crippen molar-refractivity contribution in [3.63, 3.8) is 0 Å². The zero-order chi connectivity index (χ0) is 19.5. The Bertz CT molecular complexity index is 839. The maximum Gasteiger partial charge on any atom is 0.120 e. The summed E-state index contributed by atoms with van der Waals surface area (Å²) in [6.07, 6.45) is 6.92. The van der Waals surface area contributed by atoms with Crippen molar-refractivity contribution in [2.75, 3.05) is 20.7 Å². The maximum atomic E-state index is 9.71. The molecule has 2 rings (SSSR count). The van der Waals surface area contributed by atoms with Gasteiger partial charge in [0.2, 0.25) is 0 Å². The van der Waals surface area contributed by atoms with Crippen molar-refractivity contribution in [1.82, 2.24) is 9.88 Å². The molecule has 1 aromatic carbocycles. The van der Waals surface area contributed by atoms with E-state index in [2.05, 4.69) is 35.0 Å². The second-order valence-electron chi connectivity index (χ2n) is 5.40. The average molecular weight is 353 g/mol. The third-order valence-corrected chi connectivity index (χ3v) is 3.90. The molecule has 1 aromatic heterocycles. The zero-order valence-corrected chi connectivity index (χ0v) is 16.2. The molecule has 0 saturated heterocycles. The summed E-state index contributed by atoms with van der Waals surface area (Å²) in [5, 5.41) is 13.8. The van der Waals surface area contributed by atoms with Gasteiger partial charge in [0, 0.05) is 24.5 Å². The summed E-state index contributed by atoms with van der Waals surface area (Å²) in [6.45, 7) is 7.11. The van der Waals surface area contributed by atoms with E-state index in [1.165, 1.54) is 6.92 Å². The smallest absolute Gasteiger partial charge is 0.120 e. The van der Waals surface area contributed by atoms with Gasteiger partial charge in [0.1, 0.15) is 18.1 Å². The predicted molar refractivity (Wildman–Crippen MR) is 107 cm³/mol. The molecule has 0 aliphatic carbocycles. The Labute approximate surface area is 155 Å². The van der Waals surface area contributed by atoms with Crippen LogP contribution >= 0.6 is 0 Å². The van der Waals surface area contributed by atoms with Crippen molar-refractivity contribution < 1.29 is 9.53 Å². The first-order valence-corrected chi connectivity index (χ1v) is 8.61. The second-order valence-corrected chi connectivity index (χ2v) is 5.40. The molecule has 1 N–H and O–H groups in total. The molecule has 5 nitrogen and oxygen atoms in total. The Balaban J connectivity index is 0.00000105. The fraction of sp³-hybridized carbons (Fsp3) is 0.333. The Morgan fingerprint density at radius 1 is 1.38 bits per heavy atom. The molecular weight excluding hydrogens is 326 g/mol. The Kier molecular flexibility index (Phi) is 8.90. The average Bonchev–Trinajstić information content (AvgIpc) is 2.98. The van der Waals surface area contributed by atoms with E-state index in [9.17, 15) is 5.26 Å². The van der Waals surface area contributed by atoms with Crippen molar-refractivity contribution in [1.29, 1.82) is 5.26 Å². The van der Waals surface area contributed by atoms with Crippen molar-refractivity contribution in [2.45, 2.75) is 27.3 Å². The number of likely N-dealkylation sites (N-methyl/N-ethyl adjacent to an activating group) is 1. The summed E-state index contributed by atoms with van der Waals surface area (Å²) in [5.74, 6) is 0.800. The zero-order valence-electron chi connectivity index (χ0n) is 16.2. The third kappa shape index (κ3) is 4.62. The van der Waals surface area contributed by atoms with Gasteiger partial charge in [-0.3, -0.25) is 0 Å². The number of carbonyl (C=O) groups is 1. The van der Waals surface area contributed by atoms with Gasteiger partial charge in [-0.05, 0) is 45.5 Å². The van der Waals surface area contributed by atoms with Gasteiger partial charge < -0.3 is 19.4 Å². The lowest BCUT2D eigenvalue weighted by Gasteiger charge is -2.10. The number of ether oxygens (including phenoxy) is 1. The number of aryl methyl sites for hydroxylation is 1. The fourth-order valence-electron chi connectivity index (χ4n) is 2.81. The first-order chi connectivity index (χ1) is 12.6. The van der Waals surface area contributed by atoms with Crippen LogP contribution in [0, 0.1) is 11.3 Å². The number of hydrogen-bond donors (Lipinski definition) is 1. The van der Waals surface area contributed by atoms with Crippen LogP contribution in [0.4, 0.5) is 0 Å². The molecule has 1 heterocycles. The number of methoxy groups -OCH3 is 1. The van der Waals surface area contributed by atoms with Crippen LogP contribution in [0.5, 0.6) is 5.75 Å². The number of hydrogen-bond acceptors (Lipinski definition) is 4. The van der Waals surface area contributed by atoms with Gasteiger partial charge in [0.25, 0.3) is 0 Å². The van der Waals surface area contributed by atoms with Gasteiger partial charge in [-0.15, -0.1) is 0 Å². The number of aldehydes is 1. The lowest BCUT2D eigenvalue weighted by Crippen LogP contribution is -2.04. The lowest BCUT2D eigenvalue weighted by atomic mass is 10.1. The molecule has 0 aliphatic rings. The van der Waals surface area contributed by atoms with Gasteiger partial charge in [-0.1, -0.05) is 18.2 Å². The van der Waals surface area contributed by atoms with Gasteiger partial charge in [0.15, 0.2) is 0 Å². The van der Waals surface area contributed by atoms with E-state index in [1.54, 1.807) is 7.11 Å². The molecule has 0 fully saturated rings. The quantitative estimate of drug-likeness (QED) is 0.631. The number of nitriles is 1. The topological polar surface area (TPSA) is 67.0 Å². The minimum absolute atomic E-state index is 0.715. The highest BCUT2D eigenvalue weighted by Gasteiger charge is 2.18. The van der Waals surface area contributed by atoms with E-state index < -0.39 is 0 Å². The Morgan fingerprint density at radius 3 is 2.58 bits per heavy atom. The molecule has 0 radical (unpaired) electrons. The van der Waals surface area contributed by atoms with Crippen LogP contribution in [0.1, 0.15) is 32.0 Å². The van der Waals surface area contributed by atoms with Crippen LogP contribution in [-0.4, -0.2) is 31.6 Å². The number of aromatic nitrogens is 1. The Morgan fingerprint density at radius 2 is 2.08 bits per heavy atom.